The van der Waals surface area contributed by atoms with Gasteiger partial charge in [-0.3, -0.25) is 4.79 Å². The Bertz CT molecular complexity index is 664. The molecule has 2 heterocycles. The van der Waals surface area contributed by atoms with Crippen molar-refractivity contribution in [2.24, 2.45) is 5.92 Å². The van der Waals surface area contributed by atoms with Crippen LogP contribution in [0, 0.1) is 12.8 Å². The number of anilines is 1. The first kappa shape index (κ1) is 13.8. The summed E-state index contributed by atoms with van der Waals surface area (Å²) in [6, 6.07) is 8.18. The number of hydrogen-bond donors (Lipinski definition) is 1. The van der Waals surface area contributed by atoms with Gasteiger partial charge in [0.1, 0.15) is 0 Å². The summed E-state index contributed by atoms with van der Waals surface area (Å²) in [6.45, 7) is 3.66. The van der Waals surface area contributed by atoms with Crippen molar-refractivity contribution in [3.63, 3.8) is 0 Å². The zero-order valence-corrected chi connectivity index (χ0v) is 12.1. The van der Waals surface area contributed by atoms with Crippen LogP contribution in [0.4, 0.5) is 5.82 Å². The number of nitrogens with zero attached hydrogens (tertiary/aromatic N) is 3. The quantitative estimate of drug-likeness (QED) is 0.939. The topological polar surface area (TPSA) is 66.3 Å². The second-order valence-electron chi connectivity index (χ2n) is 5.68. The molecule has 0 bridgehead atoms. The lowest BCUT2D eigenvalue weighted by molar-refractivity contribution is -0.138. The van der Waals surface area contributed by atoms with Gasteiger partial charge < -0.3 is 10.0 Å². The molecule has 110 valence electrons. The normalized spacial score (nSPS) is 16.3. The van der Waals surface area contributed by atoms with Crippen LogP contribution in [0.2, 0.25) is 0 Å². The Hall–Kier alpha value is -2.17. The first-order valence-corrected chi connectivity index (χ1v) is 7.34. The summed E-state index contributed by atoms with van der Waals surface area (Å²) in [7, 11) is 0. The van der Waals surface area contributed by atoms with Gasteiger partial charge >= 0.3 is 5.97 Å². The molecule has 0 radical (unpaired) electrons. The lowest BCUT2D eigenvalue weighted by atomic mass is 9.93. The molecule has 5 nitrogen and oxygen atoms in total. The fourth-order valence-electron chi connectivity index (χ4n) is 3.05. The van der Waals surface area contributed by atoms with Gasteiger partial charge in [-0.05, 0) is 25.7 Å². The van der Waals surface area contributed by atoms with E-state index in [2.05, 4.69) is 27.2 Å². The molecule has 1 aromatic carbocycles. The standard InChI is InChI=1S/C16H19N3O2/c1-11-13-4-2-3-5-14(13)16(18-17-11)19-8-6-12(7-9-19)10-15(20)21/h2-5,12H,6-10H2,1H3,(H,20,21). The fourth-order valence-corrected chi connectivity index (χ4v) is 3.05. The number of fused-ring (bicyclic) bond motifs is 1. The van der Waals surface area contributed by atoms with Crippen molar-refractivity contribution in [1.29, 1.82) is 0 Å². The number of benzene rings is 1. The highest BCUT2D eigenvalue weighted by Crippen LogP contribution is 2.29. The molecule has 2 aromatic rings. The second kappa shape index (κ2) is 5.68. The molecule has 0 spiro atoms. The Kier molecular flexibility index (Phi) is 3.73. The molecule has 1 aliphatic rings. The molecule has 0 aliphatic carbocycles. The summed E-state index contributed by atoms with van der Waals surface area (Å²) in [6.07, 6.45) is 2.07. The van der Waals surface area contributed by atoms with E-state index >= 15 is 0 Å². The van der Waals surface area contributed by atoms with Crippen LogP contribution in [-0.2, 0) is 4.79 Å². The summed E-state index contributed by atoms with van der Waals surface area (Å²) in [5.41, 5.74) is 0.940. The van der Waals surface area contributed by atoms with E-state index in [1.54, 1.807) is 0 Å². The number of aliphatic carboxylic acids is 1. The number of piperidine rings is 1. The third-order valence-corrected chi connectivity index (χ3v) is 4.23. The van der Waals surface area contributed by atoms with Crippen LogP contribution in [0.15, 0.2) is 24.3 Å². The van der Waals surface area contributed by atoms with Crippen molar-refractivity contribution >= 4 is 22.6 Å². The van der Waals surface area contributed by atoms with Gasteiger partial charge in [0.2, 0.25) is 0 Å². The van der Waals surface area contributed by atoms with Crippen LogP contribution in [0.5, 0.6) is 0 Å². The van der Waals surface area contributed by atoms with Gasteiger partial charge in [-0.2, -0.15) is 5.10 Å². The molecule has 0 amide bonds. The first-order chi connectivity index (χ1) is 10.1. The first-order valence-electron chi connectivity index (χ1n) is 7.34. The van der Waals surface area contributed by atoms with Crippen LogP contribution < -0.4 is 4.90 Å². The maximum absolute atomic E-state index is 10.8. The number of carbonyl (C=O) groups is 1. The van der Waals surface area contributed by atoms with E-state index in [0.717, 1.165) is 48.2 Å². The number of carboxylic acids is 1. The summed E-state index contributed by atoms with van der Waals surface area (Å²) >= 11 is 0. The highest BCUT2D eigenvalue weighted by atomic mass is 16.4. The molecule has 0 saturated carbocycles. The van der Waals surface area contributed by atoms with E-state index < -0.39 is 5.97 Å². The summed E-state index contributed by atoms with van der Waals surface area (Å²) in [5, 5.41) is 19.8. The van der Waals surface area contributed by atoms with Gasteiger partial charge in [-0.25, -0.2) is 0 Å². The van der Waals surface area contributed by atoms with Gasteiger partial charge in [0.15, 0.2) is 5.82 Å². The number of rotatable bonds is 3. The van der Waals surface area contributed by atoms with Crippen LogP contribution >= 0.6 is 0 Å². The Morgan fingerprint density at radius 2 is 1.90 bits per heavy atom. The van der Waals surface area contributed by atoms with Crippen molar-refractivity contribution in [2.75, 3.05) is 18.0 Å². The zero-order valence-electron chi connectivity index (χ0n) is 12.1. The van der Waals surface area contributed by atoms with Crippen LogP contribution in [0.25, 0.3) is 10.8 Å². The molecule has 5 heteroatoms. The molecule has 0 unspecified atom stereocenters. The van der Waals surface area contributed by atoms with Crippen LogP contribution in [0.1, 0.15) is 25.0 Å². The van der Waals surface area contributed by atoms with E-state index in [1.165, 1.54) is 0 Å². The van der Waals surface area contributed by atoms with Crippen molar-refractivity contribution in [2.45, 2.75) is 26.2 Å². The van der Waals surface area contributed by atoms with Gasteiger partial charge in [0.05, 0.1) is 5.69 Å². The van der Waals surface area contributed by atoms with Crippen molar-refractivity contribution in [3.05, 3.63) is 30.0 Å². The minimum Gasteiger partial charge on any atom is -0.481 e. The second-order valence-corrected chi connectivity index (χ2v) is 5.68. The summed E-state index contributed by atoms with van der Waals surface area (Å²) in [5.74, 6) is 0.502. The molecule has 1 aliphatic heterocycles. The van der Waals surface area contributed by atoms with Gasteiger partial charge in [-0.15, -0.1) is 5.10 Å². The minimum absolute atomic E-state index is 0.272. The predicted molar refractivity (Wildman–Crippen MR) is 81.5 cm³/mol. The number of carboxylic acid groups (broad SMARTS) is 1. The fraction of sp³-hybridized carbons (Fsp3) is 0.438. The SMILES string of the molecule is Cc1nnc(N2CCC(CC(=O)O)CC2)c2ccccc12. The van der Waals surface area contributed by atoms with E-state index in [-0.39, 0.29) is 12.3 Å². The minimum atomic E-state index is -0.700. The Morgan fingerprint density at radius 3 is 2.57 bits per heavy atom. The van der Waals surface area contributed by atoms with E-state index in [0.29, 0.717) is 0 Å². The molecular formula is C16H19N3O2. The maximum atomic E-state index is 10.8. The average molecular weight is 285 g/mol. The summed E-state index contributed by atoms with van der Waals surface area (Å²) < 4.78 is 0. The zero-order chi connectivity index (χ0) is 14.8. The van der Waals surface area contributed by atoms with E-state index in [9.17, 15) is 4.79 Å². The molecule has 3 rings (SSSR count). The largest absolute Gasteiger partial charge is 0.481 e. The number of hydrogen-bond acceptors (Lipinski definition) is 4. The molecule has 0 atom stereocenters. The van der Waals surface area contributed by atoms with E-state index in [4.69, 9.17) is 5.11 Å². The highest BCUT2D eigenvalue weighted by Gasteiger charge is 2.23. The highest BCUT2D eigenvalue weighted by molar-refractivity contribution is 5.93. The van der Waals surface area contributed by atoms with E-state index in [1.807, 2.05) is 19.1 Å². The number of aryl methyl sites for hydroxylation is 1. The van der Waals surface area contributed by atoms with Gasteiger partial charge in [-0.1, -0.05) is 24.3 Å². The monoisotopic (exact) mass is 285 g/mol. The van der Waals surface area contributed by atoms with Crippen molar-refractivity contribution in [1.82, 2.24) is 10.2 Å². The van der Waals surface area contributed by atoms with Gasteiger partial charge in [0.25, 0.3) is 0 Å². The molecular weight excluding hydrogens is 266 g/mol. The van der Waals surface area contributed by atoms with Crippen molar-refractivity contribution < 1.29 is 9.90 Å². The molecule has 1 aromatic heterocycles. The molecule has 1 saturated heterocycles. The Balaban J connectivity index is 1.83. The maximum Gasteiger partial charge on any atom is 0.303 e. The lowest BCUT2D eigenvalue weighted by Gasteiger charge is -2.32. The smallest absolute Gasteiger partial charge is 0.303 e. The lowest BCUT2D eigenvalue weighted by Crippen LogP contribution is -2.35. The Morgan fingerprint density at radius 1 is 1.24 bits per heavy atom. The molecule has 21 heavy (non-hydrogen) atoms. The van der Waals surface area contributed by atoms with Crippen LogP contribution in [0.3, 0.4) is 0 Å². The predicted octanol–water partition coefficient (Wildman–Crippen LogP) is 2.63. The Labute approximate surface area is 123 Å². The van der Waals surface area contributed by atoms with Gasteiger partial charge in [0, 0.05) is 30.3 Å². The third-order valence-electron chi connectivity index (χ3n) is 4.23. The third kappa shape index (κ3) is 2.82. The van der Waals surface area contributed by atoms with Crippen LogP contribution in [-0.4, -0.2) is 34.4 Å². The summed E-state index contributed by atoms with van der Waals surface area (Å²) in [4.78, 5) is 13.0. The number of aromatic nitrogens is 2. The molecule has 1 N–H and O–H groups in total. The van der Waals surface area contributed by atoms with Crippen molar-refractivity contribution in [3.8, 4) is 0 Å². The molecule has 1 fully saturated rings. The average Bonchev–Trinajstić information content (AvgIpc) is 2.48.